The van der Waals surface area contributed by atoms with Gasteiger partial charge in [0.15, 0.2) is 0 Å². The van der Waals surface area contributed by atoms with Gasteiger partial charge in [0, 0.05) is 5.56 Å². The summed E-state index contributed by atoms with van der Waals surface area (Å²) in [6, 6.07) is 8.75. The first-order valence-corrected chi connectivity index (χ1v) is 12.1. The lowest BCUT2D eigenvalue weighted by Crippen LogP contribution is -2.25. The molecule has 0 atom stereocenters. The number of rotatable bonds is 6. The van der Waals surface area contributed by atoms with E-state index in [1.54, 1.807) is 0 Å². The van der Waals surface area contributed by atoms with Gasteiger partial charge in [-0.05, 0) is 92.4 Å². The molecule has 0 N–H and O–H groups in total. The summed E-state index contributed by atoms with van der Waals surface area (Å²) in [6.45, 7) is 4.57. The standard InChI is InChI=1S/C28H40/c1-3-7-23-11-13-25(14-12-23)9-5-6-10-26-17-21-28(22-18-26)27-19-15-24(8-4-2)16-20-27/h6,10-14,24,26-28H,3-4,7-8,15-22H2,1-2H3/b10-6+/t24-,26?,27-,28?. The summed E-state index contributed by atoms with van der Waals surface area (Å²) in [5.41, 5.74) is 2.55. The Kier molecular flexibility index (Phi) is 8.72. The minimum absolute atomic E-state index is 0.758. The molecule has 0 aromatic heterocycles. The van der Waals surface area contributed by atoms with Crippen LogP contribution in [0.4, 0.5) is 0 Å². The molecule has 0 amide bonds. The van der Waals surface area contributed by atoms with Crippen LogP contribution < -0.4 is 0 Å². The van der Waals surface area contributed by atoms with Gasteiger partial charge in [-0.3, -0.25) is 0 Å². The Hall–Kier alpha value is -1.48. The first-order valence-electron chi connectivity index (χ1n) is 12.1. The number of benzene rings is 1. The van der Waals surface area contributed by atoms with Crippen LogP contribution in [0.3, 0.4) is 0 Å². The lowest BCUT2D eigenvalue weighted by Gasteiger charge is -2.37. The summed E-state index contributed by atoms with van der Waals surface area (Å²) in [5, 5.41) is 0. The molecule has 0 spiro atoms. The van der Waals surface area contributed by atoms with Crippen LogP contribution in [0.1, 0.15) is 95.6 Å². The quantitative estimate of drug-likeness (QED) is 0.442. The van der Waals surface area contributed by atoms with Gasteiger partial charge < -0.3 is 0 Å². The zero-order valence-corrected chi connectivity index (χ0v) is 18.3. The Balaban J connectivity index is 1.39. The largest absolute Gasteiger partial charge is 0.0730 e. The average molecular weight is 377 g/mol. The van der Waals surface area contributed by atoms with Crippen LogP contribution >= 0.6 is 0 Å². The van der Waals surface area contributed by atoms with Crippen molar-refractivity contribution in [3.8, 4) is 11.8 Å². The van der Waals surface area contributed by atoms with Crippen LogP contribution in [0.2, 0.25) is 0 Å². The fourth-order valence-electron chi connectivity index (χ4n) is 5.52. The highest BCUT2D eigenvalue weighted by Crippen LogP contribution is 2.42. The number of hydrogen-bond acceptors (Lipinski definition) is 0. The lowest BCUT2D eigenvalue weighted by atomic mass is 9.69. The normalized spacial score (nSPS) is 28.1. The fourth-order valence-corrected chi connectivity index (χ4v) is 5.52. The number of allylic oxidation sites excluding steroid dienone is 2. The minimum atomic E-state index is 0.758. The van der Waals surface area contributed by atoms with E-state index < -0.39 is 0 Å². The maximum absolute atomic E-state index is 3.29. The van der Waals surface area contributed by atoms with Crippen molar-refractivity contribution in [1.82, 2.24) is 0 Å². The van der Waals surface area contributed by atoms with Gasteiger partial charge in [0.2, 0.25) is 0 Å². The van der Waals surface area contributed by atoms with Gasteiger partial charge in [-0.1, -0.05) is 76.0 Å². The molecule has 0 saturated heterocycles. The van der Waals surface area contributed by atoms with Crippen LogP contribution in [-0.2, 0) is 6.42 Å². The summed E-state index contributed by atoms with van der Waals surface area (Å²) in [4.78, 5) is 0. The molecular formula is C28H40. The molecule has 0 heteroatoms. The van der Waals surface area contributed by atoms with Gasteiger partial charge in [0.05, 0.1) is 0 Å². The highest BCUT2D eigenvalue weighted by Gasteiger charge is 2.29. The van der Waals surface area contributed by atoms with E-state index in [1.807, 2.05) is 0 Å². The van der Waals surface area contributed by atoms with Crippen molar-refractivity contribution in [3.63, 3.8) is 0 Å². The molecule has 3 rings (SSSR count). The first-order chi connectivity index (χ1) is 13.8. The van der Waals surface area contributed by atoms with E-state index in [0.29, 0.717) is 0 Å². The molecule has 0 heterocycles. The van der Waals surface area contributed by atoms with Crippen LogP contribution in [0.5, 0.6) is 0 Å². The highest BCUT2D eigenvalue weighted by molar-refractivity contribution is 5.38. The Morgan fingerprint density at radius 2 is 1.46 bits per heavy atom. The molecule has 152 valence electrons. The first kappa shape index (κ1) is 21.2. The molecule has 0 bridgehead atoms. The molecule has 28 heavy (non-hydrogen) atoms. The summed E-state index contributed by atoms with van der Waals surface area (Å²) >= 11 is 0. The van der Waals surface area contributed by atoms with E-state index >= 15 is 0 Å². The molecule has 2 saturated carbocycles. The van der Waals surface area contributed by atoms with Gasteiger partial charge in [-0.25, -0.2) is 0 Å². The average Bonchev–Trinajstić information content (AvgIpc) is 2.74. The van der Waals surface area contributed by atoms with Gasteiger partial charge in [0.25, 0.3) is 0 Å². The molecule has 2 aliphatic carbocycles. The Bertz CT molecular complexity index is 638. The molecular weight excluding hydrogens is 336 g/mol. The molecule has 1 aromatic carbocycles. The van der Waals surface area contributed by atoms with Gasteiger partial charge >= 0.3 is 0 Å². The molecule has 0 aliphatic heterocycles. The highest BCUT2D eigenvalue weighted by atomic mass is 14.3. The third kappa shape index (κ3) is 6.55. The van der Waals surface area contributed by atoms with Gasteiger partial charge in [-0.2, -0.15) is 0 Å². The summed E-state index contributed by atoms with van der Waals surface area (Å²) in [5.74, 6) is 10.4. The van der Waals surface area contributed by atoms with E-state index in [0.717, 1.165) is 35.7 Å². The van der Waals surface area contributed by atoms with Crippen LogP contribution in [0, 0.1) is 35.5 Å². The van der Waals surface area contributed by atoms with E-state index in [1.165, 1.54) is 76.2 Å². The SMILES string of the molecule is CCCc1ccc(C#C/C=C/C2CCC([C@H]3CC[C@H](CCC)CC3)CC2)cc1. The topological polar surface area (TPSA) is 0 Å². The van der Waals surface area contributed by atoms with Crippen LogP contribution in [-0.4, -0.2) is 0 Å². The van der Waals surface area contributed by atoms with Crippen molar-refractivity contribution in [2.75, 3.05) is 0 Å². The third-order valence-corrected chi connectivity index (χ3v) is 7.23. The van der Waals surface area contributed by atoms with E-state index in [-0.39, 0.29) is 0 Å². The zero-order chi connectivity index (χ0) is 19.6. The van der Waals surface area contributed by atoms with E-state index in [4.69, 9.17) is 0 Å². The van der Waals surface area contributed by atoms with Crippen molar-refractivity contribution in [1.29, 1.82) is 0 Å². The van der Waals surface area contributed by atoms with E-state index in [2.05, 4.69) is 62.1 Å². The molecule has 2 aliphatic rings. The molecule has 0 nitrogen and oxygen atoms in total. The minimum Gasteiger partial charge on any atom is -0.0730 e. The zero-order valence-electron chi connectivity index (χ0n) is 18.3. The van der Waals surface area contributed by atoms with Gasteiger partial charge in [0.1, 0.15) is 0 Å². The maximum atomic E-state index is 3.29. The molecule has 1 aromatic rings. The predicted octanol–water partition coefficient (Wildman–Crippen LogP) is 7.96. The lowest BCUT2D eigenvalue weighted by molar-refractivity contribution is 0.152. The molecule has 0 unspecified atom stereocenters. The molecule has 0 radical (unpaired) electrons. The summed E-state index contributed by atoms with van der Waals surface area (Å²) < 4.78 is 0. The fraction of sp³-hybridized carbons (Fsp3) is 0.643. The predicted molar refractivity (Wildman–Crippen MR) is 122 cm³/mol. The Morgan fingerprint density at radius 1 is 0.821 bits per heavy atom. The monoisotopic (exact) mass is 376 g/mol. The number of aryl methyl sites for hydroxylation is 1. The Morgan fingerprint density at radius 3 is 2.07 bits per heavy atom. The summed E-state index contributed by atoms with van der Waals surface area (Å²) in [7, 11) is 0. The second kappa shape index (κ2) is 11.5. The smallest absolute Gasteiger partial charge is 0.0249 e. The van der Waals surface area contributed by atoms with Crippen molar-refractivity contribution >= 4 is 0 Å². The second-order valence-electron chi connectivity index (χ2n) is 9.32. The van der Waals surface area contributed by atoms with E-state index in [9.17, 15) is 0 Å². The Labute approximate surface area is 174 Å². The van der Waals surface area contributed by atoms with Crippen LogP contribution in [0.25, 0.3) is 0 Å². The van der Waals surface area contributed by atoms with Crippen molar-refractivity contribution < 1.29 is 0 Å². The van der Waals surface area contributed by atoms with Crippen molar-refractivity contribution in [3.05, 3.63) is 47.5 Å². The van der Waals surface area contributed by atoms with Gasteiger partial charge in [-0.15, -0.1) is 0 Å². The van der Waals surface area contributed by atoms with Crippen LogP contribution in [0.15, 0.2) is 36.4 Å². The third-order valence-electron chi connectivity index (χ3n) is 7.23. The summed E-state index contributed by atoms with van der Waals surface area (Å²) in [6.07, 6.45) is 21.4. The second-order valence-corrected chi connectivity index (χ2v) is 9.32. The van der Waals surface area contributed by atoms with Crippen molar-refractivity contribution in [2.24, 2.45) is 23.7 Å². The molecule has 2 fully saturated rings. The maximum Gasteiger partial charge on any atom is 0.0249 e. The number of hydrogen-bond donors (Lipinski definition) is 0. The van der Waals surface area contributed by atoms with Crippen molar-refractivity contribution in [2.45, 2.75) is 90.9 Å².